The molecular weight excluding hydrogens is 341 g/mol. The normalized spacial score (nSPS) is 16.6. The van der Waals surface area contributed by atoms with Crippen LogP contribution in [0, 0.1) is 5.82 Å². The van der Waals surface area contributed by atoms with E-state index in [1.54, 1.807) is 12.3 Å². The smallest absolute Gasteiger partial charge is 0.305 e. The van der Waals surface area contributed by atoms with Gasteiger partial charge in [0.05, 0.1) is 12.5 Å². The zero-order valence-electron chi connectivity index (χ0n) is 14.2. The molecule has 7 nitrogen and oxygen atoms in total. The van der Waals surface area contributed by atoms with Gasteiger partial charge in [-0.15, -0.1) is 0 Å². The van der Waals surface area contributed by atoms with Crippen LogP contribution in [-0.2, 0) is 9.53 Å². The summed E-state index contributed by atoms with van der Waals surface area (Å²) in [5.41, 5.74) is 0.407. The fraction of sp³-hybridized carbons (Fsp3) is 0.389. The van der Waals surface area contributed by atoms with E-state index in [0.29, 0.717) is 13.2 Å². The van der Waals surface area contributed by atoms with Gasteiger partial charge in [0.1, 0.15) is 11.5 Å². The Morgan fingerprint density at radius 2 is 2.27 bits per heavy atom. The van der Waals surface area contributed by atoms with Gasteiger partial charge in [0.15, 0.2) is 0 Å². The number of hydrogen-bond acceptors (Lipinski definition) is 4. The van der Waals surface area contributed by atoms with E-state index >= 15 is 0 Å². The van der Waals surface area contributed by atoms with E-state index in [0.717, 1.165) is 18.9 Å². The van der Waals surface area contributed by atoms with Gasteiger partial charge in [-0.1, -0.05) is 0 Å². The molecule has 1 saturated heterocycles. The Morgan fingerprint density at radius 1 is 1.42 bits per heavy atom. The molecule has 0 aliphatic carbocycles. The monoisotopic (exact) mass is 361 g/mol. The number of ether oxygens (including phenoxy) is 1. The molecule has 2 heterocycles. The second-order valence-corrected chi connectivity index (χ2v) is 6.15. The lowest BCUT2D eigenvalue weighted by atomic mass is 10.1. The highest BCUT2D eigenvalue weighted by atomic mass is 19.1. The zero-order chi connectivity index (χ0) is 18.5. The van der Waals surface area contributed by atoms with Crippen LogP contribution in [0.25, 0.3) is 5.69 Å². The van der Waals surface area contributed by atoms with Crippen molar-refractivity contribution in [1.29, 1.82) is 0 Å². The first-order chi connectivity index (χ1) is 12.5. The van der Waals surface area contributed by atoms with E-state index in [1.165, 1.54) is 27.9 Å². The number of carbonyl (C=O) groups excluding carboxylic acids is 1. The van der Waals surface area contributed by atoms with Gasteiger partial charge >= 0.3 is 5.97 Å². The molecule has 8 heteroatoms. The van der Waals surface area contributed by atoms with Crippen molar-refractivity contribution in [2.75, 3.05) is 19.7 Å². The molecule has 0 spiro atoms. The maximum absolute atomic E-state index is 14.4. The topological polar surface area (TPSA) is 84.7 Å². The molecule has 0 radical (unpaired) electrons. The third kappa shape index (κ3) is 4.26. The summed E-state index contributed by atoms with van der Waals surface area (Å²) in [4.78, 5) is 25.1. The lowest BCUT2D eigenvalue weighted by Gasteiger charge is -2.25. The lowest BCUT2D eigenvalue weighted by Crippen LogP contribution is -2.38. The second kappa shape index (κ2) is 8.09. The van der Waals surface area contributed by atoms with Crippen LogP contribution in [0.4, 0.5) is 4.39 Å². The molecule has 1 aromatic heterocycles. The van der Waals surface area contributed by atoms with E-state index in [9.17, 15) is 14.0 Å². The Kier molecular flexibility index (Phi) is 5.62. The maximum Gasteiger partial charge on any atom is 0.305 e. The van der Waals surface area contributed by atoms with Gasteiger partial charge in [-0.05, 0) is 37.1 Å². The lowest BCUT2D eigenvalue weighted by molar-refractivity contribution is -0.137. The van der Waals surface area contributed by atoms with Crippen LogP contribution in [0.15, 0.2) is 36.7 Å². The molecule has 0 unspecified atom stereocenters. The van der Waals surface area contributed by atoms with Crippen LogP contribution in [0.3, 0.4) is 0 Å². The highest BCUT2D eigenvalue weighted by Crippen LogP contribution is 2.18. The fourth-order valence-electron chi connectivity index (χ4n) is 2.96. The number of carbonyl (C=O) groups is 2. The third-order valence-electron chi connectivity index (χ3n) is 4.28. The first-order valence-corrected chi connectivity index (χ1v) is 8.47. The summed E-state index contributed by atoms with van der Waals surface area (Å²) in [6.45, 7) is 0.990. The SMILES string of the molecule is O=C(O)CCN(C[C@H]1CCCO1)C(=O)c1ccc(-n2cccn2)c(F)c1. The standard InChI is InChI=1S/C18H20FN3O4/c19-15-11-13(4-5-16(15)22-8-2-7-20-22)18(25)21(9-6-17(23)24)12-14-3-1-10-26-14/h2,4-5,7-8,11,14H,1,3,6,9-10,12H2,(H,23,24)/t14-/m1/s1. The first kappa shape index (κ1) is 18.1. The number of carboxylic acid groups (broad SMARTS) is 1. The van der Waals surface area contributed by atoms with E-state index < -0.39 is 17.7 Å². The largest absolute Gasteiger partial charge is 0.481 e. The summed E-state index contributed by atoms with van der Waals surface area (Å²) in [7, 11) is 0. The van der Waals surface area contributed by atoms with Crippen molar-refractivity contribution in [1.82, 2.24) is 14.7 Å². The van der Waals surface area contributed by atoms with E-state index in [-0.39, 0.29) is 30.3 Å². The number of carboxylic acids is 1. The van der Waals surface area contributed by atoms with Gasteiger partial charge in [0.2, 0.25) is 0 Å². The van der Waals surface area contributed by atoms with Gasteiger partial charge in [-0.25, -0.2) is 9.07 Å². The number of nitrogens with zero attached hydrogens (tertiary/aromatic N) is 3. The quantitative estimate of drug-likeness (QED) is 0.816. The molecule has 0 bridgehead atoms. The zero-order valence-corrected chi connectivity index (χ0v) is 14.2. The minimum atomic E-state index is -0.990. The van der Waals surface area contributed by atoms with Crippen LogP contribution in [0.1, 0.15) is 29.6 Å². The first-order valence-electron chi connectivity index (χ1n) is 8.47. The predicted octanol–water partition coefficient (Wildman–Crippen LogP) is 2.11. The number of hydrogen-bond donors (Lipinski definition) is 1. The molecule has 1 N–H and O–H groups in total. The number of benzene rings is 1. The van der Waals surface area contributed by atoms with E-state index in [1.807, 2.05) is 0 Å². The summed E-state index contributed by atoms with van der Waals surface area (Å²) in [6, 6.07) is 5.83. The molecule has 1 aliphatic heterocycles. The summed E-state index contributed by atoms with van der Waals surface area (Å²) in [6.07, 6.45) is 4.60. The summed E-state index contributed by atoms with van der Waals surface area (Å²) >= 11 is 0. The van der Waals surface area contributed by atoms with Gasteiger partial charge in [-0.3, -0.25) is 9.59 Å². The maximum atomic E-state index is 14.4. The van der Waals surface area contributed by atoms with Gasteiger partial charge < -0.3 is 14.7 Å². The van der Waals surface area contributed by atoms with Gasteiger partial charge in [0, 0.05) is 37.7 Å². The molecule has 2 aromatic rings. The third-order valence-corrected chi connectivity index (χ3v) is 4.28. The van der Waals surface area contributed by atoms with Crippen LogP contribution < -0.4 is 0 Å². The average molecular weight is 361 g/mol. The Morgan fingerprint density at radius 3 is 2.88 bits per heavy atom. The fourth-order valence-corrected chi connectivity index (χ4v) is 2.96. The molecule has 1 fully saturated rings. The number of aromatic nitrogens is 2. The van der Waals surface area contributed by atoms with E-state index in [4.69, 9.17) is 9.84 Å². The second-order valence-electron chi connectivity index (χ2n) is 6.15. The summed E-state index contributed by atoms with van der Waals surface area (Å²) < 4.78 is 21.3. The summed E-state index contributed by atoms with van der Waals surface area (Å²) in [5.74, 6) is -1.97. The molecule has 26 heavy (non-hydrogen) atoms. The summed E-state index contributed by atoms with van der Waals surface area (Å²) in [5, 5.41) is 12.9. The Balaban J connectivity index is 1.78. The van der Waals surface area contributed by atoms with Crippen molar-refractivity contribution in [3.63, 3.8) is 0 Å². The van der Waals surface area contributed by atoms with Crippen molar-refractivity contribution in [2.45, 2.75) is 25.4 Å². The molecular formula is C18H20FN3O4. The number of halogens is 1. The Hall–Kier alpha value is -2.74. The van der Waals surface area contributed by atoms with Crippen molar-refractivity contribution in [3.05, 3.63) is 48.0 Å². The van der Waals surface area contributed by atoms with E-state index in [2.05, 4.69) is 5.10 Å². The molecule has 138 valence electrons. The van der Waals surface area contributed by atoms with Crippen LogP contribution in [-0.4, -0.2) is 57.5 Å². The van der Waals surface area contributed by atoms with Crippen LogP contribution in [0.5, 0.6) is 0 Å². The molecule has 3 rings (SSSR count). The van der Waals surface area contributed by atoms with Gasteiger partial charge in [-0.2, -0.15) is 5.10 Å². The molecule has 1 aromatic carbocycles. The number of amides is 1. The Bertz CT molecular complexity index is 773. The predicted molar refractivity (Wildman–Crippen MR) is 90.7 cm³/mol. The van der Waals surface area contributed by atoms with Crippen molar-refractivity contribution < 1.29 is 23.8 Å². The van der Waals surface area contributed by atoms with Crippen molar-refractivity contribution in [3.8, 4) is 5.69 Å². The average Bonchev–Trinajstić information content (AvgIpc) is 3.31. The minimum absolute atomic E-state index is 0.0521. The molecule has 1 aliphatic rings. The van der Waals surface area contributed by atoms with Crippen molar-refractivity contribution >= 4 is 11.9 Å². The molecule has 0 saturated carbocycles. The highest BCUT2D eigenvalue weighted by Gasteiger charge is 2.24. The molecule has 1 atom stereocenters. The molecule has 1 amide bonds. The minimum Gasteiger partial charge on any atom is -0.481 e. The number of aliphatic carboxylic acids is 1. The van der Waals surface area contributed by atoms with Gasteiger partial charge in [0.25, 0.3) is 5.91 Å². The Labute approximate surface area is 150 Å². The number of rotatable bonds is 7. The van der Waals surface area contributed by atoms with Crippen molar-refractivity contribution in [2.24, 2.45) is 0 Å². The highest BCUT2D eigenvalue weighted by molar-refractivity contribution is 5.94. The van der Waals surface area contributed by atoms with Crippen LogP contribution in [0.2, 0.25) is 0 Å². The van der Waals surface area contributed by atoms with Crippen LogP contribution >= 0.6 is 0 Å².